The van der Waals surface area contributed by atoms with Crippen LogP contribution in [0.25, 0.3) is 0 Å². The topological polar surface area (TPSA) is 51.1 Å². The van der Waals surface area contributed by atoms with E-state index in [4.69, 9.17) is 14.6 Å². The van der Waals surface area contributed by atoms with Crippen LogP contribution in [0.2, 0.25) is 0 Å². The Bertz CT molecular complexity index is 1030. The van der Waals surface area contributed by atoms with E-state index in [0.717, 1.165) is 35.4 Å². The lowest BCUT2D eigenvalue weighted by Crippen LogP contribution is -2.28. The first-order valence-corrected chi connectivity index (χ1v) is 10.2. The fraction of sp³-hybridized carbons (Fsp3) is 0.333. The van der Waals surface area contributed by atoms with E-state index in [0.29, 0.717) is 12.3 Å². The lowest BCUT2D eigenvalue weighted by atomic mass is 9.77. The summed E-state index contributed by atoms with van der Waals surface area (Å²) in [6, 6.07) is 12.5. The molecule has 0 aromatic heterocycles. The van der Waals surface area contributed by atoms with E-state index in [1.165, 1.54) is 17.7 Å². The van der Waals surface area contributed by atoms with Gasteiger partial charge in [0.25, 0.3) is 0 Å². The minimum absolute atomic E-state index is 0.0956. The molecule has 2 aromatic carbocycles. The quantitative estimate of drug-likeness (QED) is 0.535. The number of nitrogens with zero attached hydrogens (tertiary/aromatic N) is 2. The van der Waals surface area contributed by atoms with Crippen molar-refractivity contribution in [2.45, 2.75) is 32.7 Å². The largest absolute Gasteiger partial charge is 0.497 e. The molecule has 5 nitrogen and oxygen atoms in total. The number of fused-ring (bicyclic) bond motifs is 3. The Labute approximate surface area is 175 Å². The summed E-state index contributed by atoms with van der Waals surface area (Å²) in [5.74, 6) is 0.225. The van der Waals surface area contributed by atoms with E-state index < -0.39 is 5.97 Å². The van der Waals surface area contributed by atoms with E-state index >= 15 is 0 Å². The van der Waals surface area contributed by atoms with Crippen molar-refractivity contribution in [2.24, 2.45) is 11.0 Å². The van der Waals surface area contributed by atoms with Crippen molar-refractivity contribution in [1.29, 1.82) is 0 Å². The van der Waals surface area contributed by atoms with Crippen LogP contribution in [0.5, 0.6) is 5.75 Å². The molecule has 1 aliphatic carbocycles. The minimum Gasteiger partial charge on any atom is -0.497 e. The molecule has 0 saturated carbocycles. The average molecular weight is 408 g/mol. The predicted octanol–water partition coefficient (Wildman–Crippen LogP) is 4.62. The van der Waals surface area contributed by atoms with E-state index in [9.17, 15) is 9.18 Å². The van der Waals surface area contributed by atoms with Gasteiger partial charge in [0.15, 0.2) is 0 Å². The zero-order valence-electron chi connectivity index (χ0n) is 17.4. The van der Waals surface area contributed by atoms with Crippen molar-refractivity contribution >= 4 is 11.7 Å². The van der Waals surface area contributed by atoms with Gasteiger partial charge < -0.3 is 9.47 Å². The molecule has 0 N–H and O–H groups in total. The molecule has 1 heterocycles. The monoisotopic (exact) mass is 408 g/mol. The molecule has 4 rings (SSSR count). The third kappa shape index (κ3) is 3.70. The van der Waals surface area contributed by atoms with E-state index in [2.05, 4.69) is 6.07 Å². The van der Waals surface area contributed by atoms with Gasteiger partial charge in [-0.15, -0.1) is 0 Å². The summed E-state index contributed by atoms with van der Waals surface area (Å²) in [6.07, 6.45) is 3.21. The number of esters is 1. The normalized spacial score (nSPS) is 20.3. The molecule has 30 heavy (non-hydrogen) atoms. The van der Waals surface area contributed by atoms with Crippen molar-refractivity contribution in [1.82, 2.24) is 5.01 Å². The summed E-state index contributed by atoms with van der Waals surface area (Å²) in [4.78, 5) is 12.0. The zero-order chi connectivity index (χ0) is 21.3. The lowest BCUT2D eigenvalue weighted by Gasteiger charge is -2.31. The van der Waals surface area contributed by atoms with E-state index in [-0.39, 0.29) is 17.8 Å². The van der Waals surface area contributed by atoms with Gasteiger partial charge in [0.05, 0.1) is 25.5 Å². The van der Waals surface area contributed by atoms with Crippen molar-refractivity contribution in [3.05, 3.63) is 76.7 Å². The molecular weight excluding hydrogens is 383 g/mol. The van der Waals surface area contributed by atoms with Crippen LogP contribution in [0, 0.1) is 11.7 Å². The number of hydrogen-bond donors (Lipinski definition) is 0. The van der Waals surface area contributed by atoms with Crippen LogP contribution in [0.4, 0.5) is 4.39 Å². The molecule has 2 unspecified atom stereocenters. The second-order valence-corrected chi connectivity index (χ2v) is 7.54. The average Bonchev–Trinajstić information content (AvgIpc) is 3.13. The molecule has 0 amide bonds. The number of halogens is 1. The van der Waals surface area contributed by atoms with Crippen LogP contribution in [0.3, 0.4) is 0 Å². The van der Waals surface area contributed by atoms with Crippen molar-refractivity contribution < 1.29 is 18.7 Å². The number of methoxy groups -OCH3 is 1. The number of hydrazone groups is 1. The highest BCUT2D eigenvalue weighted by atomic mass is 19.1. The van der Waals surface area contributed by atoms with Gasteiger partial charge in [-0.05, 0) is 68.1 Å². The molecule has 156 valence electrons. The van der Waals surface area contributed by atoms with Gasteiger partial charge in [0, 0.05) is 23.3 Å². The van der Waals surface area contributed by atoms with Crippen molar-refractivity contribution in [3.63, 3.8) is 0 Å². The van der Waals surface area contributed by atoms with Gasteiger partial charge in [0.1, 0.15) is 11.6 Å². The van der Waals surface area contributed by atoms with Gasteiger partial charge in [-0.1, -0.05) is 12.1 Å². The molecule has 0 bridgehead atoms. The Morgan fingerprint density at radius 2 is 2.13 bits per heavy atom. The smallest absolute Gasteiger partial charge is 0.332 e. The summed E-state index contributed by atoms with van der Waals surface area (Å²) in [7, 11) is 1.66. The molecule has 2 aliphatic rings. The molecular formula is C24H25FN2O3. The standard InChI is InChI=1S/C24H25FN2O3/c1-4-30-22(28)12-15(2)27-24(17-6-5-7-18(25)13-17)21-10-8-16-14-19(29-3)9-11-20(16)23(21)26-27/h5-7,9,11-14,21,24H,4,8,10H2,1-3H3/b15-12+. The number of allylic oxidation sites excluding steroid dienone is 1. The molecule has 0 radical (unpaired) electrons. The molecule has 2 aromatic rings. The zero-order valence-corrected chi connectivity index (χ0v) is 17.4. The molecule has 0 saturated heterocycles. The van der Waals surface area contributed by atoms with Crippen LogP contribution in [0.1, 0.15) is 43.0 Å². The second kappa shape index (κ2) is 8.30. The molecule has 0 fully saturated rings. The van der Waals surface area contributed by atoms with E-state index in [1.54, 1.807) is 26.2 Å². The number of ether oxygens (including phenoxy) is 2. The summed E-state index contributed by atoms with van der Waals surface area (Å²) in [5, 5.41) is 6.76. The number of carbonyl (C=O) groups is 1. The number of hydrogen-bond acceptors (Lipinski definition) is 5. The number of aryl methyl sites for hydroxylation is 1. The molecule has 0 spiro atoms. The third-order valence-electron chi connectivity index (χ3n) is 5.69. The summed E-state index contributed by atoms with van der Waals surface area (Å²) < 4.78 is 24.5. The highest BCUT2D eigenvalue weighted by Crippen LogP contribution is 2.45. The summed E-state index contributed by atoms with van der Waals surface area (Å²) in [6.45, 7) is 3.91. The Balaban J connectivity index is 1.78. The SMILES string of the molecule is CCOC(=O)/C=C(\C)N1N=C2c3ccc(OC)cc3CCC2C1c1cccc(F)c1. The first kappa shape index (κ1) is 20.1. The first-order chi connectivity index (χ1) is 14.5. The van der Waals surface area contributed by atoms with Crippen molar-refractivity contribution in [2.75, 3.05) is 13.7 Å². The maximum Gasteiger partial charge on any atom is 0.332 e. The van der Waals surface area contributed by atoms with Gasteiger partial charge in [-0.2, -0.15) is 5.10 Å². The molecule has 6 heteroatoms. The molecule has 1 aliphatic heterocycles. The first-order valence-electron chi connectivity index (χ1n) is 10.2. The summed E-state index contributed by atoms with van der Waals surface area (Å²) in [5.41, 5.74) is 4.74. The minimum atomic E-state index is -0.409. The highest BCUT2D eigenvalue weighted by Gasteiger charge is 2.42. The fourth-order valence-corrected chi connectivity index (χ4v) is 4.37. The van der Waals surface area contributed by atoms with Gasteiger partial charge in [-0.3, -0.25) is 5.01 Å². The third-order valence-corrected chi connectivity index (χ3v) is 5.69. The molecule has 2 atom stereocenters. The summed E-state index contributed by atoms with van der Waals surface area (Å²) >= 11 is 0. The van der Waals surface area contributed by atoms with Crippen LogP contribution in [-0.4, -0.2) is 30.4 Å². The Hall–Kier alpha value is -3.15. The van der Waals surface area contributed by atoms with Crippen LogP contribution in [0.15, 0.2) is 59.3 Å². The second-order valence-electron chi connectivity index (χ2n) is 7.54. The maximum atomic E-state index is 14.0. The predicted molar refractivity (Wildman–Crippen MR) is 113 cm³/mol. The van der Waals surface area contributed by atoms with Crippen LogP contribution < -0.4 is 4.74 Å². The Kier molecular flexibility index (Phi) is 5.57. The number of benzene rings is 2. The van der Waals surface area contributed by atoms with Crippen LogP contribution >= 0.6 is 0 Å². The Morgan fingerprint density at radius 3 is 2.87 bits per heavy atom. The van der Waals surface area contributed by atoms with Crippen molar-refractivity contribution in [3.8, 4) is 5.75 Å². The Morgan fingerprint density at radius 1 is 1.30 bits per heavy atom. The number of rotatable bonds is 5. The van der Waals surface area contributed by atoms with Gasteiger partial charge >= 0.3 is 5.97 Å². The van der Waals surface area contributed by atoms with Gasteiger partial charge in [-0.25, -0.2) is 9.18 Å². The fourth-order valence-electron chi connectivity index (χ4n) is 4.37. The highest BCUT2D eigenvalue weighted by molar-refractivity contribution is 6.06. The van der Waals surface area contributed by atoms with E-state index in [1.807, 2.05) is 30.1 Å². The maximum absolute atomic E-state index is 14.0. The van der Waals surface area contributed by atoms with Gasteiger partial charge in [0.2, 0.25) is 0 Å². The lowest BCUT2D eigenvalue weighted by molar-refractivity contribution is -0.137. The number of carbonyl (C=O) groups excluding carboxylic acids is 1. The van der Waals surface area contributed by atoms with Crippen LogP contribution in [-0.2, 0) is 16.0 Å².